The van der Waals surface area contributed by atoms with E-state index < -0.39 is 30.1 Å². The molecule has 2 aromatic rings. The molecule has 0 unspecified atom stereocenters. The van der Waals surface area contributed by atoms with E-state index in [-0.39, 0.29) is 24.7 Å². The number of carboxylic acids is 1. The van der Waals surface area contributed by atoms with Crippen LogP contribution in [0.25, 0.3) is 0 Å². The van der Waals surface area contributed by atoms with Crippen LogP contribution >= 0.6 is 0 Å². The summed E-state index contributed by atoms with van der Waals surface area (Å²) in [5.41, 5.74) is 1.45. The van der Waals surface area contributed by atoms with Crippen LogP contribution in [-0.2, 0) is 27.4 Å². The van der Waals surface area contributed by atoms with Crippen LogP contribution in [0, 0.1) is 5.92 Å². The maximum absolute atomic E-state index is 12.8. The Morgan fingerprint density at radius 3 is 2.19 bits per heavy atom. The van der Waals surface area contributed by atoms with Gasteiger partial charge in [0.25, 0.3) is 0 Å². The first-order valence-corrected chi connectivity index (χ1v) is 10.1. The maximum Gasteiger partial charge on any atom is 0.408 e. The molecule has 4 N–H and O–H groups in total. The van der Waals surface area contributed by atoms with Crippen molar-refractivity contribution >= 4 is 18.0 Å². The van der Waals surface area contributed by atoms with Crippen LogP contribution in [0.1, 0.15) is 31.4 Å². The van der Waals surface area contributed by atoms with Gasteiger partial charge in [-0.3, -0.25) is 4.79 Å². The average molecular weight is 428 g/mol. The monoisotopic (exact) mass is 428 g/mol. The van der Waals surface area contributed by atoms with Crippen molar-refractivity contribution in [2.75, 3.05) is 0 Å². The molecule has 166 valence electrons. The highest BCUT2D eigenvalue weighted by Gasteiger charge is 2.30. The molecular formula is C23H28N2O6. The van der Waals surface area contributed by atoms with Gasteiger partial charge in [-0.1, -0.05) is 62.7 Å². The summed E-state index contributed by atoms with van der Waals surface area (Å²) in [5, 5.41) is 24.0. The smallest absolute Gasteiger partial charge is 0.408 e. The van der Waals surface area contributed by atoms with Crippen molar-refractivity contribution in [3.8, 4) is 5.75 Å². The van der Waals surface area contributed by atoms with Crippen molar-refractivity contribution in [1.29, 1.82) is 0 Å². The minimum atomic E-state index is -1.20. The summed E-state index contributed by atoms with van der Waals surface area (Å²) in [4.78, 5) is 36.7. The number of aliphatic carboxylic acids is 1. The number of carboxylic acid groups (broad SMARTS) is 1. The number of rotatable bonds is 10. The number of aromatic hydroxyl groups is 1. The number of hydrogen-bond acceptors (Lipinski definition) is 5. The summed E-state index contributed by atoms with van der Waals surface area (Å²) >= 11 is 0. The molecule has 0 heterocycles. The minimum Gasteiger partial charge on any atom is -0.508 e. The van der Waals surface area contributed by atoms with Crippen molar-refractivity contribution in [2.24, 2.45) is 5.92 Å². The fraction of sp³-hybridized carbons (Fsp3) is 0.348. The first-order chi connectivity index (χ1) is 14.8. The molecule has 0 fully saturated rings. The average Bonchev–Trinajstić information content (AvgIpc) is 2.77. The van der Waals surface area contributed by atoms with E-state index in [1.54, 1.807) is 19.1 Å². The second kappa shape index (κ2) is 11.6. The van der Waals surface area contributed by atoms with Crippen LogP contribution in [0.4, 0.5) is 4.79 Å². The highest BCUT2D eigenvalue weighted by Crippen LogP contribution is 2.13. The van der Waals surface area contributed by atoms with E-state index in [1.807, 2.05) is 37.3 Å². The molecule has 0 saturated heterocycles. The second-order valence-corrected chi connectivity index (χ2v) is 7.34. The molecule has 0 aromatic heterocycles. The third-order valence-corrected chi connectivity index (χ3v) is 4.97. The Labute approximate surface area is 181 Å². The lowest BCUT2D eigenvalue weighted by atomic mass is 9.97. The standard InChI is InChI=1S/C23H28N2O6/c1-3-15(2)20(25-23(30)31-14-17-7-5-4-6-8-17)21(27)24-19(22(28)29)13-16-9-11-18(26)12-10-16/h4-12,15,19-20,26H,3,13-14H2,1-2H3,(H,24,27)(H,25,30)(H,28,29)/t15-,19+,20+/m1/s1. The zero-order valence-electron chi connectivity index (χ0n) is 17.6. The molecular weight excluding hydrogens is 400 g/mol. The Bertz CT molecular complexity index is 869. The van der Waals surface area contributed by atoms with Crippen LogP contribution in [-0.4, -0.2) is 40.3 Å². The number of phenolic OH excluding ortho intramolecular Hbond substituents is 1. The van der Waals surface area contributed by atoms with Gasteiger partial charge in [-0.05, 0) is 29.2 Å². The summed E-state index contributed by atoms with van der Waals surface area (Å²) in [6.45, 7) is 3.71. The van der Waals surface area contributed by atoms with Crippen molar-refractivity contribution in [3.05, 3.63) is 65.7 Å². The molecule has 2 aromatic carbocycles. The second-order valence-electron chi connectivity index (χ2n) is 7.34. The van der Waals surface area contributed by atoms with Crippen LogP contribution in [0.15, 0.2) is 54.6 Å². The Kier molecular flexibility index (Phi) is 8.87. The minimum absolute atomic E-state index is 0.0348. The first-order valence-electron chi connectivity index (χ1n) is 10.1. The van der Waals surface area contributed by atoms with Gasteiger partial charge in [0.2, 0.25) is 5.91 Å². The summed E-state index contributed by atoms with van der Waals surface area (Å²) < 4.78 is 5.19. The lowest BCUT2D eigenvalue weighted by Gasteiger charge is -2.25. The molecule has 0 radical (unpaired) electrons. The van der Waals surface area contributed by atoms with E-state index in [4.69, 9.17) is 4.74 Å². The van der Waals surface area contributed by atoms with Crippen molar-refractivity contribution in [1.82, 2.24) is 10.6 Å². The molecule has 3 atom stereocenters. The number of phenols is 1. The van der Waals surface area contributed by atoms with E-state index in [9.17, 15) is 24.6 Å². The molecule has 8 heteroatoms. The number of ether oxygens (including phenoxy) is 1. The number of nitrogens with one attached hydrogen (secondary N) is 2. The molecule has 31 heavy (non-hydrogen) atoms. The quantitative estimate of drug-likeness (QED) is 0.461. The Balaban J connectivity index is 2.01. The van der Waals surface area contributed by atoms with Gasteiger partial charge in [-0.25, -0.2) is 9.59 Å². The molecule has 2 rings (SSSR count). The maximum atomic E-state index is 12.8. The highest BCUT2D eigenvalue weighted by atomic mass is 16.5. The number of benzene rings is 2. The molecule has 2 amide bonds. The number of carbonyl (C=O) groups excluding carboxylic acids is 2. The fourth-order valence-corrected chi connectivity index (χ4v) is 2.92. The van der Waals surface area contributed by atoms with Crippen LogP contribution in [0.3, 0.4) is 0 Å². The predicted octanol–water partition coefficient (Wildman–Crippen LogP) is 2.85. The van der Waals surface area contributed by atoms with Gasteiger partial charge in [0.1, 0.15) is 24.4 Å². The largest absolute Gasteiger partial charge is 0.508 e. The zero-order chi connectivity index (χ0) is 22.8. The number of amides is 2. The molecule has 0 aliphatic carbocycles. The van der Waals surface area contributed by atoms with Gasteiger partial charge in [-0.15, -0.1) is 0 Å². The molecule has 8 nitrogen and oxygen atoms in total. The van der Waals surface area contributed by atoms with Gasteiger partial charge in [0.15, 0.2) is 0 Å². The number of carbonyl (C=O) groups is 3. The molecule has 0 aliphatic rings. The van der Waals surface area contributed by atoms with Crippen molar-refractivity contribution in [2.45, 2.75) is 45.4 Å². The van der Waals surface area contributed by atoms with E-state index in [0.29, 0.717) is 12.0 Å². The topological polar surface area (TPSA) is 125 Å². The molecule has 0 aliphatic heterocycles. The third-order valence-electron chi connectivity index (χ3n) is 4.97. The molecule has 0 saturated carbocycles. The SMILES string of the molecule is CC[C@@H](C)[C@H](NC(=O)OCc1ccccc1)C(=O)N[C@@H](Cc1ccc(O)cc1)C(=O)O. The number of hydrogen-bond donors (Lipinski definition) is 4. The lowest BCUT2D eigenvalue weighted by molar-refractivity contribution is -0.142. The Hall–Kier alpha value is -3.55. The van der Waals surface area contributed by atoms with Crippen molar-refractivity contribution < 1.29 is 29.3 Å². The Morgan fingerprint density at radius 1 is 0.968 bits per heavy atom. The van der Waals surface area contributed by atoms with Crippen LogP contribution < -0.4 is 10.6 Å². The zero-order valence-corrected chi connectivity index (χ0v) is 17.6. The summed E-state index contributed by atoms with van der Waals surface area (Å²) in [7, 11) is 0. The van der Waals surface area contributed by atoms with E-state index in [1.165, 1.54) is 12.1 Å². The summed E-state index contributed by atoms with van der Waals surface area (Å²) in [5.74, 6) is -1.98. The van der Waals surface area contributed by atoms with Gasteiger partial charge < -0.3 is 25.6 Å². The highest BCUT2D eigenvalue weighted by molar-refractivity contribution is 5.89. The number of alkyl carbamates (subject to hydrolysis) is 1. The van der Waals surface area contributed by atoms with Gasteiger partial charge >= 0.3 is 12.1 Å². The van der Waals surface area contributed by atoms with Gasteiger partial charge in [-0.2, -0.15) is 0 Å². The Morgan fingerprint density at radius 2 is 1.61 bits per heavy atom. The normalized spacial score (nSPS) is 13.5. The summed E-state index contributed by atoms with van der Waals surface area (Å²) in [6, 6.07) is 13.1. The van der Waals surface area contributed by atoms with Crippen molar-refractivity contribution in [3.63, 3.8) is 0 Å². The van der Waals surface area contributed by atoms with Crippen LogP contribution in [0.2, 0.25) is 0 Å². The fourth-order valence-electron chi connectivity index (χ4n) is 2.92. The first kappa shape index (κ1) is 23.7. The van der Waals surface area contributed by atoms with Gasteiger partial charge in [0.05, 0.1) is 0 Å². The van der Waals surface area contributed by atoms with Gasteiger partial charge in [0, 0.05) is 6.42 Å². The van der Waals surface area contributed by atoms with E-state index in [2.05, 4.69) is 10.6 Å². The summed E-state index contributed by atoms with van der Waals surface area (Å²) in [6.07, 6.45) is -0.130. The molecule has 0 bridgehead atoms. The van der Waals surface area contributed by atoms with Crippen LogP contribution in [0.5, 0.6) is 5.75 Å². The third kappa shape index (κ3) is 7.65. The predicted molar refractivity (Wildman–Crippen MR) is 114 cm³/mol. The molecule has 0 spiro atoms. The lowest BCUT2D eigenvalue weighted by Crippen LogP contribution is -2.54. The van der Waals surface area contributed by atoms with E-state index in [0.717, 1.165) is 5.56 Å². The van der Waals surface area contributed by atoms with E-state index >= 15 is 0 Å².